The van der Waals surface area contributed by atoms with E-state index in [1.165, 1.54) is 25.7 Å². The fourth-order valence-electron chi connectivity index (χ4n) is 2.74. The molecule has 1 aromatic carbocycles. The van der Waals surface area contributed by atoms with Crippen molar-refractivity contribution in [2.24, 2.45) is 5.92 Å². The lowest BCUT2D eigenvalue weighted by Crippen LogP contribution is -2.34. The molecule has 0 heterocycles. The van der Waals surface area contributed by atoms with E-state index >= 15 is 0 Å². The van der Waals surface area contributed by atoms with Crippen LogP contribution in [0, 0.1) is 5.92 Å². The number of carboxylic acid groups (broad SMARTS) is 1. The van der Waals surface area contributed by atoms with Gasteiger partial charge in [-0.15, -0.1) is 0 Å². The first kappa shape index (κ1) is 14.4. The minimum atomic E-state index is -0.896. The van der Waals surface area contributed by atoms with E-state index in [2.05, 4.69) is 34.8 Å². The number of hydrogen-bond donors (Lipinski definition) is 1. The zero-order valence-electron chi connectivity index (χ0n) is 11.4. The van der Waals surface area contributed by atoms with E-state index in [4.69, 9.17) is 5.11 Å². The molecule has 0 spiro atoms. The minimum absolute atomic E-state index is 0.314. The summed E-state index contributed by atoms with van der Waals surface area (Å²) in [5, 5.41) is 9.03. The van der Waals surface area contributed by atoms with Gasteiger partial charge in [-0.25, -0.2) is 4.79 Å². The topological polar surface area (TPSA) is 40.5 Å². The first-order valence-electron chi connectivity index (χ1n) is 6.74. The van der Waals surface area contributed by atoms with Gasteiger partial charge in [0.05, 0.1) is 5.56 Å². The molecule has 1 saturated carbocycles. The maximum atomic E-state index is 11.0. The molecule has 0 aliphatic heterocycles. The lowest BCUT2D eigenvalue weighted by Gasteiger charge is -2.35. The van der Waals surface area contributed by atoms with Crippen molar-refractivity contribution in [3.63, 3.8) is 0 Å². The average Bonchev–Trinajstić information content (AvgIpc) is 2.38. The molecular formula is C15H20BrNO2. The third-order valence-electron chi connectivity index (χ3n) is 4.12. The van der Waals surface area contributed by atoms with Crippen LogP contribution in [0.4, 0.5) is 5.69 Å². The molecule has 0 saturated heterocycles. The number of aromatic carboxylic acids is 1. The van der Waals surface area contributed by atoms with E-state index in [0.717, 1.165) is 11.6 Å². The average molecular weight is 326 g/mol. The van der Waals surface area contributed by atoms with Crippen molar-refractivity contribution in [2.45, 2.75) is 38.6 Å². The van der Waals surface area contributed by atoms with Crippen molar-refractivity contribution >= 4 is 27.6 Å². The van der Waals surface area contributed by atoms with Gasteiger partial charge in [-0.1, -0.05) is 6.92 Å². The van der Waals surface area contributed by atoms with Crippen LogP contribution in [0.1, 0.15) is 43.0 Å². The molecule has 1 fully saturated rings. The molecule has 3 nitrogen and oxygen atoms in total. The summed E-state index contributed by atoms with van der Waals surface area (Å²) >= 11 is 3.34. The molecule has 4 heteroatoms. The molecule has 1 aliphatic carbocycles. The van der Waals surface area contributed by atoms with Gasteiger partial charge in [0.15, 0.2) is 0 Å². The molecule has 1 aromatic rings. The maximum absolute atomic E-state index is 11.0. The zero-order chi connectivity index (χ0) is 14.0. The van der Waals surface area contributed by atoms with Gasteiger partial charge in [-0.3, -0.25) is 0 Å². The van der Waals surface area contributed by atoms with Crippen LogP contribution in [0.2, 0.25) is 0 Å². The van der Waals surface area contributed by atoms with E-state index in [1.54, 1.807) is 6.07 Å². The minimum Gasteiger partial charge on any atom is -0.478 e. The van der Waals surface area contributed by atoms with Crippen LogP contribution in [0.3, 0.4) is 0 Å². The van der Waals surface area contributed by atoms with Crippen LogP contribution in [-0.2, 0) is 0 Å². The normalized spacial score (nSPS) is 23.1. The molecular weight excluding hydrogens is 306 g/mol. The number of rotatable bonds is 3. The fraction of sp³-hybridized carbons (Fsp3) is 0.533. The number of nitrogens with zero attached hydrogens (tertiary/aromatic N) is 1. The summed E-state index contributed by atoms with van der Waals surface area (Å²) in [5.74, 6) is -0.0571. The summed E-state index contributed by atoms with van der Waals surface area (Å²) in [6.45, 7) is 2.31. The van der Waals surface area contributed by atoms with E-state index in [0.29, 0.717) is 16.1 Å². The highest BCUT2D eigenvalue weighted by Crippen LogP contribution is 2.31. The van der Waals surface area contributed by atoms with Gasteiger partial charge >= 0.3 is 5.97 Å². The van der Waals surface area contributed by atoms with Crippen LogP contribution < -0.4 is 4.90 Å². The first-order valence-corrected chi connectivity index (χ1v) is 7.54. The van der Waals surface area contributed by atoms with E-state index < -0.39 is 5.97 Å². The number of benzene rings is 1. The molecule has 0 aromatic heterocycles. The second-order valence-electron chi connectivity index (χ2n) is 5.49. The highest BCUT2D eigenvalue weighted by Gasteiger charge is 2.22. The molecule has 0 bridgehead atoms. The molecule has 0 atom stereocenters. The predicted octanol–water partition coefficient (Wildman–Crippen LogP) is 4.16. The third-order valence-corrected chi connectivity index (χ3v) is 4.78. The van der Waals surface area contributed by atoms with Gasteiger partial charge in [-0.05, 0) is 65.7 Å². The number of carboxylic acids is 1. The predicted molar refractivity (Wildman–Crippen MR) is 80.9 cm³/mol. The second kappa shape index (κ2) is 5.95. The number of carbonyl (C=O) groups is 1. The van der Waals surface area contributed by atoms with E-state index in [9.17, 15) is 4.79 Å². The van der Waals surface area contributed by atoms with Crippen molar-refractivity contribution in [3.8, 4) is 0 Å². The van der Waals surface area contributed by atoms with Crippen molar-refractivity contribution in [1.29, 1.82) is 0 Å². The van der Waals surface area contributed by atoms with Crippen LogP contribution in [0.15, 0.2) is 22.7 Å². The standard InChI is InChI=1S/C15H20BrNO2/c1-10-3-5-11(6-4-10)17(2)12-7-8-13(15(18)19)14(16)9-12/h7-11H,3-6H2,1-2H3,(H,18,19). The van der Waals surface area contributed by atoms with Crippen LogP contribution >= 0.6 is 15.9 Å². The van der Waals surface area contributed by atoms with E-state index in [1.807, 2.05) is 12.1 Å². The van der Waals surface area contributed by atoms with Crippen molar-refractivity contribution in [1.82, 2.24) is 0 Å². The second-order valence-corrected chi connectivity index (χ2v) is 6.35. The summed E-state index contributed by atoms with van der Waals surface area (Å²) < 4.78 is 0.647. The van der Waals surface area contributed by atoms with Gasteiger partial charge < -0.3 is 10.0 Å². The molecule has 2 rings (SSSR count). The third kappa shape index (κ3) is 3.30. The summed E-state index contributed by atoms with van der Waals surface area (Å²) in [5.41, 5.74) is 1.39. The Hall–Kier alpha value is -1.03. The Kier molecular flexibility index (Phi) is 4.50. The van der Waals surface area contributed by atoms with Crippen molar-refractivity contribution < 1.29 is 9.90 Å². The molecule has 104 valence electrons. The smallest absolute Gasteiger partial charge is 0.336 e. The lowest BCUT2D eigenvalue weighted by molar-refractivity contribution is 0.0696. The molecule has 1 aliphatic rings. The maximum Gasteiger partial charge on any atom is 0.336 e. The Bertz CT molecular complexity index is 467. The molecule has 0 amide bonds. The quantitative estimate of drug-likeness (QED) is 0.907. The zero-order valence-corrected chi connectivity index (χ0v) is 13.0. The molecule has 0 radical (unpaired) electrons. The van der Waals surface area contributed by atoms with Gasteiger partial charge in [0, 0.05) is 23.2 Å². The Morgan fingerprint density at radius 2 is 1.95 bits per heavy atom. The SMILES string of the molecule is CC1CCC(N(C)c2ccc(C(=O)O)c(Br)c2)CC1. The van der Waals surface area contributed by atoms with Gasteiger partial charge in [0.1, 0.15) is 0 Å². The largest absolute Gasteiger partial charge is 0.478 e. The summed E-state index contributed by atoms with van der Waals surface area (Å²) in [6, 6.07) is 6.04. The fourth-order valence-corrected chi connectivity index (χ4v) is 3.27. The summed E-state index contributed by atoms with van der Waals surface area (Å²) in [7, 11) is 2.10. The van der Waals surface area contributed by atoms with Crippen molar-refractivity contribution in [3.05, 3.63) is 28.2 Å². The van der Waals surface area contributed by atoms with Gasteiger partial charge in [-0.2, -0.15) is 0 Å². The summed E-state index contributed by atoms with van der Waals surface area (Å²) in [6.07, 6.45) is 5.00. The first-order chi connectivity index (χ1) is 8.99. The number of hydrogen-bond acceptors (Lipinski definition) is 2. The van der Waals surface area contributed by atoms with Crippen molar-refractivity contribution in [2.75, 3.05) is 11.9 Å². The Morgan fingerprint density at radius 3 is 2.47 bits per heavy atom. The summed E-state index contributed by atoms with van der Waals surface area (Å²) in [4.78, 5) is 13.3. The molecule has 19 heavy (non-hydrogen) atoms. The number of halogens is 1. The van der Waals surface area contributed by atoms with Crippen LogP contribution in [-0.4, -0.2) is 24.2 Å². The molecule has 0 unspecified atom stereocenters. The lowest BCUT2D eigenvalue weighted by atomic mass is 9.86. The molecule has 1 N–H and O–H groups in total. The van der Waals surface area contributed by atoms with Crippen LogP contribution in [0.5, 0.6) is 0 Å². The number of anilines is 1. The highest BCUT2D eigenvalue weighted by atomic mass is 79.9. The van der Waals surface area contributed by atoms with Gasteiger partial charge in [0.2, 0.25) is 0 Å². The monoisotopic (exact) mass is 325 g/mol. The Labute approximate surface area is 122 Å². The highest BCUT2D eigenvalue weighted by molar-refractivity contribution is 9.10. The Morgan fingerprint density at radius 1 is 1.32 bits per heavy atom. The van der Waals surface area contributed by atoms with Gasteiger partial charge in [0.25, 0.3) is 0 Å². The van der Waals surface area contributed by atoms with Crippen LogP contribution in [0.25, 0.3) is 0 Å². The van der Waals surface area contributed by atoms with E-state index in [-0.39, 0.29) is 0 Å². The Balaban J connectivity index is 2.13.